The summed E-state index contributed by atoms with van der Waals surface area (Å²) in [7, 11) is 3.45. The van der Waals surface area contributed by atoms with E-state index in [-0.39, 0.29) is 0 Å². The van der Waals surface area contributed by atoms with E-state index < -0.39 is 0 Å². The van der Waals surface area contributed by atoms with Crippen molar-refractivity contribution in [1.82, 2.24) is 15.6 Å². The first-order valence-electron chi connectivity index (χ1n) is 7.71. The molecular formula is C18H24N4O. The largest absolute Gasteiger partial charge is 0.497 e. The Morgan fingerprint density at radius 1 is 1.17 bits per heavy atom. The van der Waals surface area contributed by atoms with Gasteiger partial charge in [0.15, 0.2) is 5.96 Å². The number of ether oxygens (including phenoxy) is 1. The van der Waals surface area contributed by atoms with Gasteiger partial charge >= 0.3 is 0 Å². The van der Waals surface area contributed by atoms with E-state index in [0.717, 1.165) is 30.4 Å². The maximum Gasteiger partial charge on any atom is 0.191 e. The minimum absolute atomic E-state index is 0.662. The zero-order valence-corrected chi connectivity index (χ0v) is 14.0. The van der Waals surface area contributed by atoms with Crippen LogP contribution in [-0.2, 0) is 13.0 Å². The average molecular weight is 312 g/mol. The van der Waals surface area contributed by atoms with Crippen molar-refractivity contribution in [3.05, 3.63) is 59.4 Å². The number of nitrogens with one attached hydrogen (secondary N) is 2. The summed E-state index contributed by atoms with van der Waals surface area (Å²) in [5, 5.41) is 6.60. The lowest BCUT2D eigenvalue weighted by atomic mass is 10.1. The van der Waals surface area contributed by atoms with Crippen LogP contribution in [0.5, 0.6) is 5.75 Å². The molecule has 0 fully saturated rings. The van der Waals surface area contributed by atoms with Crippen LogP contribution in [-0.4, -0.2) is 31.6 Å². The van der Waals surface area contributed by atoms with Crippen molar-refractivity contribution in [2.45, 2.75) is 19.9 Å². The summed E-state index contributed by atoms with van der Waals surface area (Å²) in [5.74, 6) is 1.66. The monoisotopic (exact) mass is 312 g/mol. The van der Waals surface area contributed by atoms with Crippen LogP contribution < -0.4 is 15.4 Å². The molecule has 0 saturated carbocycles. The lowest BCUT2D eigenvalue weighted by Crippen LogP contribution is -2.38. The highest BCUT2D eigenvalue weighted by atomic mass is 16.5. The molecule has 122 valence electrons. The molecule has 2 N–H and O–H groups in total. The second-order valence-corrected chi connectivity index (χ2v) is 5.22. The van der Waals surface area contributed by atoms with Crippen molar-refractivity contribution in [2.24, 2.45) is 4.99 Å². The predicted molar refractivity (Wildman–Crippen MR) is 93.9 cm³/mol. The SMILES string of the molecule is CN=C(NCCc1ccc(OC)cc1)NCc1ncccc1C. The Balaban J connectivity index is 1.77. The zero-order chi connectivity index (χ0) is 16.5. The van der Waals surface area contributed by atoms with Crippen LogP contribution in [0.4, 0.5) is 0 Å². The first kappa shape index (κ1) is 16.8. The second kappa shape index (κ2) is 8.78. The maximum atomic E-state index is 5.16. The number of rotatable bonds is 6. The molecule has 0 amide bonds. The molecule has 0 aliphatic rings. The Kier molecular flexibility index (Phi) is 6.41. The third-order valence-electron chi connectivity index (χ3n) is 3.63. The average Bonchev–Trinajstić information content (AvgIpc) is 2.59. The van der Waals surface area contributed by atoms with Crippen molar-refractivity contribution in [2.75, 3.05) is 20.7 Å². The van der Waals surface area contributed by atoms with E-state index in [9.17, 15) is 0 Å². The van der Waals surface area contributed by atoms with Gasteiger partial charge in [-0.1, -0.05) is 18.2 Å². The summed E-state index contributed by atoms with van der Waals surface area (Å²) in [6.45, 7) is 3.53. The summed E-state index contributed by atoms with van der Waals surface area (Å²) in [5.41, 5.74) is 3.47. The normalized spacial score (nSPS) is 11.2. The Bertz CT molecular complexity index is 638. The fourth-order valence-corrected chi connectivity index (χ4v) is 2.21. The summed E-state index contributed by atoms with van der Waals surface area (Å²) in [6, 6.07) is 12.1. The number of pyridine rings is 1. The molecule has 0 aliphatic heterocycles. The van der Waals surface area contributed by atoms with Gasteiger partial charge in [-0.3, -0.25) is 9.98 Å². The molecule has 0 spiro atoms. The zero-order valence-electron chi connectivity index (χ0n) is 14.0. The molecule has 0 saturated heterocycles. The molecule has 0 unspecified atom stereocenters. The lowest BCUT2D eigenvalue weighted by molar-refractivity contribution is 0.414. The molecule has 0 atom stereocenters. The van der Waals surface area contributed by atoms with Gasteiger partial charge in [0.05, 0.1) is 19.3 Å². The van der Waals surface area contributed by atoms with Gasteiger partial charge in [0, 0.05) is 19.8 Å². The Morgan fingerprint density at radius 3 is 2.61 bits per heavy atom. The molecule has 2 rings (SSSR count). The van der Waals surface area contributed by atoms with Crippen LogP contribution in [0.15, 0.2) is 47.6 Å². The van der Waals surface area contributed by atoms with E-state index in [1.807, 2.05) is 24.4 Å². The van der Waals surface area contributed by atoms with Crippen LogP contribution in [0.2, 0.25) is 0 Å². The Hall–Kier alpha value is -2.56. The number of aryl methyl sites for hydroxylation is 1. The number of aliphatic imine (C=N–C) groups is 1. The Morgan fingerprint density at radius 2 is 1.96 bits per heavy atom. The lowest BCUT2D eigenvalue weighted by Gasteiger charge is -2.12. The standard InChI is InChI=1S/C18H24N4O/c1-14-5-4-11-20-17(14)13-22-18(19-2)21-12-10-15-6-8-16(23-3)9-7-15/h4-9,11H,10,12-13H2,1-3H3,(H2,19,21,22). The predicted octanol–water partition coefficient (Wildman–Crippen LogP) is 2.31. The maximum absolute atomic E-state index is 5.16. The third-order valence-corrected chi connectivity index (χ3v) is 3.63. The molecule has 1 heterocycles. The highest BCUT2D eigenvalue weighted by Crippen LogP contribution is 2.11. The second-order valence-electron chi connectivity index (χ2n) is 5.22. The van der Waals surface area contributed by atoms with Gasteiger partial charge in [-0.15, -0.1) is 0 Å². The quantitative estimate of drug-likeness (QED) is 0.635. The van der Waals surface area contributed by atoms with Gasteiger partial charge in [-0.05, 0) is 42.7 Å². The van der Waals surface area contributed by atoms with Crippen molar-refractivity contribution < 1.29 is 4.74 Å². The number of methoxy groups -OCH3 is 1. The van der Waals surface area contributed by atoms with Gasteiger partial charge in [0.1, 0.15) is 5.75 Å². The van der Waals surface area contributed by atoms with Crippen molar-refractivity contribution in [3.8, 4) is 5.75 Å². The number of benzene rings is 1. The molecule has 0 bridgehead atoms. The van der Waals surface area contributed by atoms with Gasteiger partial charge < -0.3 is 15.4 Å². The molecular weight excluding hydrogens is 288 g/mol. The molecule has 23 heavy (non-hydrogen) atoms. The summed E-state index contributed by atoms with van der Waals surface area (Å²) in [4.78, 5) is 8.61. The summed E-state index contributed by atoms with van der Waals surface area (Å²) >= 11 is 0. The van der Waals surface area contributed by atoms with E-state index in [0.29, 0.717) is 6.54 Å². The highest BCUT2D eigenvalue weighted by Gasteiger charge is 2.02. The van der Waals surface area contributed by atoms with E-state index in [1.54, 1.807) is 14.2 Å². The van der Waals surface area contributed by atoms with E-state index in [2.05, 4.69) is 45.7 Å². The number of guanidine groups is 1. The first-order chi connectivity index (χ1) is 11.2. The minimum atomic E-state index is 0.662. The number of nitrogens with zero attached hydrogens (tertiary/aromatic N) is 2. The van der Waals surface area contributed by atoms with Gasteiger partial charge in [-0.25, -0.2) is 0 Å². The fraction of sp³-hybridized carbons (Fsp3) is 0.333. The highest BCUT2D eigenvalue weighted by molar-refractivity contribution is 5.79. The summed E-state index contributed by atoms with van der Waals surface area (Å²) in [6.07, 6.45) is 2.73. The van der Waals surface area contributed by atoms with Crippen LogP contribution in [0.1, 0.15) is 16.8 Å². The van der Waals surface area contributed by atoms with E-state index in [1.165, 1.54) is 11.1 Å². The smallest absolute Gasteiger partial charge is 0.191 e. The van der Waals surface area contributed by atoms with Crippen LogP contribution in [0, 0.1) is 6.92 Å². The number of aromatic nitrogens is 1. The van der Waals surface area contributed by atoms with E-state index in [4.69, 9.17) is 4.74 Å². The number of hydrogen-bond acceptors (Lipinski definition) is 3. The van der Waals surface area contributed by atoms with Crippen molar-refractivity contribution in [1.29, 1.82) is 0 Å². The van der Waals surface area contributed by atoms with Crippen molar-refractivity contribution in [3.63, 3.8) is 0 Å². The van der Waals surface area contributed by atoms with E-state index >= 15 is 0 Å². The minimum Gasteiger partial charge on any atom is -0.497 e. The molecule has 0 aliphatic carbocycles. The van der Waals surface area contributed by atoms with Crippen LogP contribution >= 0.6 is 0 Å². The molecule has 5 heteroatoms. The van der Waals surface area contributed by atoms with Gasteiger partial charge in [-0.2, -0.15) is 0 Å². The molecule has 1 aromatic carbocycles. The molecule has 5 nitrogen and oxygen atoms in total. The summed E-state index contributed by atoms with van der Waals surface area (Å²) < 4.78 is 5.16. The fourth-order valence-electron chi connectivity index (χ4n) is 2.21. The van der Waals surface area contributed by atoms with Crippen LogP contribution in [0.3, 0.4) is 0 Å². The molecule has 2 aromatic rings. The molecule has 1 aromatic heterocycles. The molecule has 0 radical (unpaired) electrons. The van der Waals surface area contributed by atoms with Gasteiger partial charge in [0.25, 0.3) is 0 Å². The Labute approximate surface area is 137 Å². The van der Waals surface area contributed by atoms with Gasteiger partial charge in [0.2, 0.25) is 0 Å². The van der Waals surface area contributed by atoms with Crippen molar-refractivity contribution >= 4 is 5.96 Å². The number of hydrogen-bond donors (Lipinski definition) is 2. The first-order valence-corrected chi connectivity index (χ1v) is 7.71. The topological polar surface area (TPSA) is 58.5 Å². The van der Waals surface area contributed by atoms with Crippen LogP contribution in [0.25, 0.3) is 0 Å². The third kappa shape index (κ3) is 5.29.